The second kappa shape index (κ2) is 7.82. The van der Waals surface area contributed by atoms with Crippen molar-refractivity contribution in [2.24, 2.45) is 5.41 Å². The van der Waals surface area contributed by atoms with Gasteiger partial charge in [0.1, 0.15) is 0 Å². The average molecular weight is 349 g/mol. The van der Waals surface area contributed by atoms with Crippen LogP contribution in [0.15, 0.2) is 18.2 Å². The molecular formula is C18H27N3O4. The number of carbonyl (C=O) groups is 1. The topological polar surface area (TPSA) is 95.7 Å². The van der Waals surface area contributed by atoms with Gasteiger partial charge in [-0.3, -0.25) is 14.9 Å². The summed E-state index contributed by atoms with van der Waals surface area (Å²) < 4.78 is 0. The highest BCUT2D eigenvalue weighted by molar-refractivity contribution is 6.00. The van der Waals surface area contributed by atoms with Gasteiger partial charge in [-0.2, -0.15) is 0 Å². The smallest absolute Gasteiger partial charge is 0.270 e. The zero-order valence-corrected chi connectivity index (χ0v) is 15.1. The summed E-state index contributed by atoms with van der Waals surface area (Å²) in [6, 6.07) is 4.41. The van der Waals surface area contributed by atoms with E-state index in [1.165, 1.54) is 12.1 Å². The Morgan fingerprint density at radius 1 is 1.32 bits per heavy atom. The molecule has 2 rings (SSSR count). The Kier molecular flexibility index (Phi) is 6.00. The number of benzene rings is 1. The molecule has 1 fully saturated rings. The summed E-state index contributed by atoms with van der Waals surface area (Å²) in [5, 5.41) is 23.9. The molecule has 25 heavy (non-hydrogen) atoms. The SMILES string of the molecule is CC(C)(C)C(O)CNC(=O)c1cc([N+](=O)[O-])ccc1N1CCCCC1. The van der Waals surface area contributed by atoms with E-state index >= 15 is 0 Å². The number of non-ortho nitro benzene ring substituents is 1. The predicted octanol–water partition coefficient (Wildman–Crippen LogP) is 2.72. The summed E-state index contributed by atoms with van der Waals surface area (Å²) in [6.45, 7) is 7.43. The van der Waals surface area contributed by atoms with E-state index in [2.05, 4.69) is 10.2 Å². The van der Waals surface area contributed by atoms with Crippen molar-refractivity contribution in [1.29, 1.82) is 0 Å². The first-order valence-electron chi connectivity index (χ1n) is 8.70. The highest BCUT2D eigenvalue weighted by Gasteiger charge is 2.25. The number of nitro benzene ring substituents is 1. The highest BCUT2D eigenvalue weighted by atomic mass is 16.6. The normalized spacial score (nSPS) is 16.4. The quantitative estimate of drug-likeness (QED) is 0.629. The molecule has 1 heterocycles. The second-order valence-corrected chi connectivity index (χ2v) is 7.60. The van der Waals surface area contributed by atoms with Gasteiger partial charge in [-0.25, -0.2) is 0 Å². The van der Waals surface area contributed by atoms with E-state index in [1.54, 1.807) is 6.07 Å². The third-order valence-corrected chi connectivity index (χ3v) is 4.59. The lowest BCUT2D eigenvalue weighted by Gasteiger charge is -2.30. The van der Waals surface area contributed by atoms with E-state index in [1.807, 2.05) is 20.8 Å². The molecule has 0 aromatic heterocycles. The summed E-state index contributed by atoms with van der Waals surface area (Å²) in [6.07, 6.45) is 2.54. The van der Waals surface area contributed by atoms with Gasteiger partial charge in [0.2, 0.25) is 0 Å². The Hall–Kier alpha value is -2.15. The lowest BCUT2D eigenvalue weighted by molar-refractivity contribution is -0.384. The van der Waals surface area contributed by atoms with Crippen molar-refractivity contribution in [3.05, 3.63) is 33.9 Å². The van der Waals surface area contributed by atoms with Crippen LogP contribution in [-0.4, -0.2) is 41.7 Å². The molecule has 0 aliphatic carbocycles. The molecule has 0 saturated carbocycles. The molecule has 7 heteroatoms. The number of piperidine rings is 1. The monoisotopic (exact) mass is 349 g/mol. The van der Waals surface area contributed by atoms with E-state index in [4.69, 9.17) is 0 Å². The Balaban J connectivity index is 2.24. The van der Waals surface area contributed by atoms with Crippen LogP contribution in [0.25, 0.3) is 0 Å². The van der Waals surface area contributed by atoms with Gasteiger partial charge >= 0.3 is 0 Å². The summed E-state index contributed by atoms with van der Waals surface area (Å²) in [5.41, 5.74) is 0.540. The fourth-order valence-corrected chi connectivity index (χ4v) is 2.82. The summed E-state index contributed by atoms with van der Waals surface area (Å²) >= 11 is 0. The zero-order valence-electron chi connectivity index (χ0n) is 15.1. The Morgan fingerprint density at radius 2 is 1.96 bits per heavy atom. The molecule has 0 spiro atoms. The van der Waals surface area contributed by atoms with Crippen LogP contribution in [0.1, 0.15) is 50.4 Å². The Morgan fingerprint density at radius 3 is 2.52 bits per heavy atom. The van der Waals surface area contributed by atoms with Crippen LogP contribution in [0, 0.1) is 15.5 Å². The molecule has 1 amide bonds. The molecule has 138 valence electrons. The molecule has 1 saturated heterocycles. The van der Waals surface area contributed by atoms with Crippen molar-refractivity contribution >= 4 is 17.3 Å². The standard InChI is InChI=1S/C18H27N3O4/c1-18(2,3)16(22)12-19-17(23)14-11-13(21(24)25)7-8-15(14)20-9-5-4-6-10-20/h7-8,11,16,22H,4-6,9-10,12H2,1-3H3,(H,19,23). The number of aliphatic hydroxyl groups excluding tert-OH is 1. The van der Waals surface area contributed by atoms with Gasteiger partial charge in [-0.15, -0.1) is 0 Å². The van der Waals surface area contributed by atoms with E-state index in [-0.39, 0.29) is 23.2 Å². The third-order valence-electron chi connectivity index (χ3n) is 4.59. The van der Waals surface area contributed by atoms with E-state index < -0.39 is 16.9 Å². The molecule has 1 aromatic carbocycles. The fourth-order valence-electron chi connectivity index (χ4n) is 2.82. The number of aliphatic hydroxyl groups is 1. The van der Waals surface area contributed by atoms with Gasteiger partial charge in [0.05, 0.1) is 22.3 Å². The van der Waals surface area contributed by atoms with Crippen LogP contribution in [-0.2, 0) is 0 Å². The fraction of sp³-hybridized carbons (Fsp3) is 0.611. The molecule has 1 unspecified atom stereocenters. The highest BCUT2D eigenvalue weighted by Crippen LogP contribution is 2.28. The maximum absolute atomic E-state index is 12.6. The number of anilines is 1. The van der Waals surface area contributed by atoms with Crippen molar-refractivity contribution < 1.29 is 14.8 Å². The lowest BCUT2D eigenvalue weighted by atomic mass is 9.89. The van der Waals surface area contributed by atoms with Crippen LogP contribution < -0.4 is 10.2 Å². The number of carbonyl (C=O) groups excluding carboxylic acids is 1. The average Bonchev–Trinajstić information content (AvgIpc) is 2.58. The maximum atomic E-state index is 12.6. The first kappa shape index (κ1) is 19.2. The van der Waals surface area contributed by atoms with Crippen LogP contribution >= 0.6 is 0 Å². The summed E-state index contributed by atoms with van der Waals surface area (Å²) in [7, 11) is 0. The zero-order chi connectivity index (χ0) is 18.6. The maximum Gasteiger partial charge on any atom is 0.270 e. The molecule has 7 nitrogen and oxygen atoms in total. The van der Waals surface area contributed by atoms with Gasteiger partial charge in [0.15, 0.2) is 0 Å². The van der Waals surface area contributed by atoms with Crippen molar-refractivity contribution in [1.82, 2.24) is 5.32 Å². The molecular weight excluding hydrogens is 322 g/mol. The third kappa shape index (κ3) is 4.92. The first-order valence-corrected chi connectivity index (χ1v) is 8.70. The van der Waals surface area contributed by atoms with Crippen LogP contribution in [0.4, 0.5) is 11.4 Å². The molecule has 1 aliphatic heterocycles. The predicted molar refractivity (Wildman–Crippen MR) is 97.0 cm³/mol. The number of hydrogen-bond acceptors (Lipinski definition) is 5. The molecule has 0 radical (unpaired) electrons. The van der Waals surface area contributed by atoms with E-state index in [9.17, 15) is 20.0 Å². The van der Waals surface area contributed by atoms with Crippen LogP contribution in [0.2, 0.25) is 0 Å². The minimum absolute atomic E-state index is 0.102. The van der Waals surface area contributed by atoms with E-state index in [0.29, 0.717) is 5.69 Å². The summed E-state index contributed by atoms with van der Waals surface area (Å²) in [4.78, 5) is 25.3. The number of amides is 1. The first-order chi connectivity index (χ1) is 11.7. The van der Waals surface area contributed by atoms with Gasteiger partial charge < -0.3 is 15.3 Å². The Bertz CT molecular complexity index is 634. The second-order valence-electron chi connectivity index (χ2n) is 7.60. The summed E-state index contributed by atoms with van der Waals surface area (Å²) in [5.74, 6) is -0.396. The van der Waals surface area contributed by atoms with Gasteiger partial charge in [-0.1, -0.05) is 20.8 Å². The Labute approximate surface area is 148 Å². The van der Waals surface area contributed by atoms with Crippen molar-refractivity contribution in [3.63, 3.8) is 0 Å². The van der Waals surface area contributed by atoms with Gasteiger partial charge in [0, 0.05) is 31.8 Å². The number of hydrogen-bond donors (Lipinski definition) is 2. The van der Waals surface area contributed by atoms with Crippen molar-refractivity contribution in [2.75, 3.05) is 24.5 Å². The number of nitrogens with zero attached hydrogens (tertiary/aromatic N) is 2. The lowest BCUT2D eigenvalue weighted by Crippen LogP contribution is -2.40. The molecule has 1 aliphatic rings. The van der Waals surface area contributed by atoms with Crippen molar-refractivity contribution in [2.45, 2.75) is 46.1 Å². The van der Waals surface area contributed by atoms with Crippen molar-refractivity contribution in [3.8, 4) is 0 Å². The number of nitro groups is 1. The van der Waals surface area contributed by atoms with Gasteiger partial charge in [-0.05, 0) is 30.7 Å². The minimum Gasteiger partial charge on any atom is -0.391 e. The van der Waals surface area contributed by atoms with Crippen LogP contribution in [0.3, 0.4) is 0 Å². The van der Waals surface area contributed by atoms with E-state index in [0.717, 1.165) is 32.4 Å². The molecule has 1 atom stereocenters. The van der Waals surface area contributed by atoms with Crippen LogP contribution in [0.5, 0.6) is 0 Å². The largest absolute Gasteiger partial charge is 0.391 e. The minimum atomic E-state index is -0.700. The van der Waals surface area contributed by atoms with Gasteiger partial charge in [0.25, 0.3) is 11.6 Å². The molecule has 1 aromatic rings. The molecule has 2 N–H and O–H groups in total. The number of rotatable bonds is 5. The molecule has 0 bridgehead atoms. The number of nitrogens with one attached hydrogen (secondary N) is 1.